The molecule has 0 aliphatic carbocycles. The number of hydrogen-bond donors (Lipinski definition) is 2. The molecule has 1 aliphatic rings. The summed E-state index contributed by atoms with van der Waals surface area (Å²) >= 11 is 13.6. The number of hydrogen-bond acceptors (Lipinski definition) is 4. The Hall–Kier alpha value is -1.60. The Kier molecular flexibility index (Phi) is 6.53. The van der Waals surface area contributed by atoms with Crippen molar-refractivity contribution in [2.45, 2.75) is 25.4 Å². The lowest BCUT2D eigenvalue weighted by Crippen LogP contribution is -2.44. The summed E-state index contributed by atoms with van der Waals surface area (Å²) in [6, 6.07) is 8.53. The lowest BCUT2D eigenvalue weighted by molar-refractivity contribution is -0.124. The molecule has 2 aromatic rings. The average Bonchev–Trinajstić information content (AvgIpc) is 3.27. The highest BCUT2D eigenvalue weighted by molar-refractivity contribution is 7.09. The van der Waals surface area contributed by atoms with Crippen LogP contribution in [-0.4, -0.2) is 35.8 Å². The third-order valence-electron chi connectivity index (χ3n) is 4.24. The van der Waals surface area contributed by atoms with E-state index in [4.69, 9.17) is 23.2 Å². The summed E-state index contributed by atoms with van der Waals surface area (Å²) in [6.45, 7) is 1.44. The summed E-state index contributed by atoms with van der Waals surface area (Å²) in [5, 5.41) is 8.62. The number of likely N-dealkylation sites (tertiary alicyclic amines) is 1. The molecule has 8 heteroatoms. The van der Waals surface area contributed by atoms with E-state index in [0.29, 0.717) is 22.3 Å². The van der Waals surface area contributed by atoms with Gasteiger partial charge in [-0.2, -0.15) is 0 Å². The van der Waals surface area contributed by atoms with E-state index >= 15 is 0 Å². The summed E-state index contributed by atoms with van der Waals surface area (Å²) in [5.41, 5.74) is 0.523. The zero-order valence-electron chi connectivity index (χ0n) is 14.0. The largest absolute Gasteiger partial charge is 0.350 e. The molecular weight excluding hydrogens is 393 g/mol. The number of thiophene rings is 1. The summed E-state index contributed by atoms with van der Waals surface area (Å²) in [5.74, 6) is -0.236. The fourth-order valence-corrected chi connectivity index (χ4v) is 4.06. The van der Waals surface area contributed by atoms with Gasteiger partial charge in [-0.15, -0.1) is 11.3 Å². The van der Waals surface area contributed by atoms with Gasteiger partial charge in [0.25, 0.3) is 0 Å². The van der Waals surface area contributed by atoms with Crippen molar-refractivity contribution in [3.63, 3.8) is 0 Å². The molecule has 5 nitrogen and oxygen atoms in total. The number of nitrogens with one attached hydrogen (secondary N) is 2. The first-order valence-electron chi connectivity index (χ1n) is 8.32. The molecule has 1 saturated heterocycles. The first-order valence-corrected chi connectivity index (χ1v) is 9.95. The van der Waals surface area contributed by atoms with Crippen molar-refractivity contribution in [1.82, 2.24) is 10.2 Å². The third kappa shape index (κ3) is 4.98. The molecule has 2 amide bonds. The molecule has 3 rings (SSSR count). The van der Waals surface area contributed by atoms with Crippen LogP contribution >= 0.6 is 34.5 Å². The van der Waals surface area contributed by atoms with E-state index in [1.165, 1.54) is 0 Å². The standard InChI is InChI=1S/C18H19Cl2N3O2S/c19-12-5-6-15(14(20)9-12)22-18(25)16-4-1-7-23(16)11-17(24)21-10-13-3-2-8-26-13/h2-3,5-6,8-9,16H,1,4,7,10-11H2,(H,21,24)(H,22,25). The van der Waals surface area contributed by atoms with Gasteiger partial charge in [-0.1, -0.05) is 29.3 Å². The van der Waals surface area contributed by atoms with Crippen LogP contribution in [0.15, 0.2) is 35.7 Å². The molecule has 1 aromatic heterocycles. The fraction of sp³-hybridized carbons (Fsp3) is 0.333. The first kappa shape index (κ1) is 19.2. The lowest BCUT2D eigenvalue weighted by Gasteiger charge is -2.23. The van der Waals surface area contributed by atoms with Crippen LogP contribution in [0, 0.1) is 0 Å². The molecular formula is C18H19Cl2N3O2S. The molecule has 0 saturated carbocycles. The highest BCUT2D eigenvalue weighted by Gasteiger charge is 2.32. The minimum absolute atomic E-state index is 0.0809. The Morgan fingerprint density at radius 2 is 2.12 bits per heavy atom. The van der Waals surface area contributed by atoms with Crippen LogP contribution < -0.4 is 10.6 Å². The van der Waals surface area contributed by atoms with E-state index < -0.39 is 0 Å². The van der Waals surface area contributed by atoms with Gasteiger partial charge in [0.15, 0.2) is 0 Å². The van der Waals surface area contributed by atoms with Crippen molar-refractivity contribution in [3.05, 3.63) is 50.6 Å². The van der Waals surface area contributed by atoms with E-state index in [2.05, 4.69) is 10.6 Å². The van der Waals surface area contributed by atoms with Gasteiger partial charge in [-0.25, -0.2) is 0 Å². The molecule has 2 heterocycles. The molecule has 1 fully saturated rings. The molecule has 1 unspecified atom stereocenters. The van der Waals surface area contributed by atoms with E-state index in [-0.39, 0.29) is 24.4 Å². The van der Waals surface area contributed by atoms with E-state index in [0.717, 1.165) is 24.3 Å². The Morgan fingerprint density at radius 3 is 2.85 bits per heavy atom. The molecule has 1 atom stereocenters. The predicted octanol–water partition coefficient (Wildman–Crippen LogP) is 3.77. The second-order valence-electron chi connectivity index (χ2n) is 6.10. The zero-order chi connectivity index (χ0) is 18.5. The quantitative estimate of drug-likeness (QED) is 0.759. The Morgan fingerprint density at radius 1 is 1.27 bits per heavy atom. The van der Waals surface area contributed by atoms with Crippen LogP contribution in [0.4, 0.5) is 5.69 Å². The van der Waals surface area contributed by atoms with Crippen LogP contribution in [0.3, 0.4) is 0 Å². The van der Waals surface area contributed by atoms with Gasteiger partial charge in [0, 0.05) is 9.90 Å². The van der Waals surface area contributed by atoms with Crippen LogP contribution in [0.1, 0.15) is 17.7 Å². The van der Waals surface area contributed by atoms with E-state index in [9.17, 15) is 9.59 Å². The Balaban J connectivity index is 1.55. The third-order valence-corrected chi connectivity index (χ3v) is 5.67. The topological polar surface area (TPSA) is 61.4 Å². The average molecular weight is 412 g/mol. The monoisotopic (exact) mass is 411 g/mol. The smallest absolute Gasteiger partial charge is 0.241 e. The van der Waals surface area contributed by atoms with Crippen LogP contribution in [0.25, 0.3) is 0 Å². The van der Waals surface area contributed by atoms with Gasteiger partial charge in [-0.05, 0) is 49.0 Å². The minimum atomic E-state index is -0.339. The molecule has 2 N–H and O–H groups in total. The summed E-state index contributed by atoms with van der Waals surface area (Å²) in [7, 11) is 0. The minimum Gasteiger partial charge on any atom is -0.350 e. The van der Waals surface area contributed by atoms with Gasteiger partial charge in [0.1, 0.15) is 0 Å². The van der Waals surface area contributed by atoms with Gasteiger partial charge >= 0.3 is 0 Å². The Bertz CT molecular complexity index is 783. The highest BCUT2D eigenvalue weighted by atomic mass is 35.5. The second kappa shape index (κ2) is 8.86. The number of anilines is 1. The van der Waals surface area contributed by atoms with E-state index in [1.54, 1.807) is 29.5 Å². The molecule has 1 aliphatic heterocycles. The van der Waals surface area contributed by atoms with Gasteiger partial charge in [0.05, 0.1) is 29.8 Å². The fourth-order valence-electron chi connectivity index (χ4n) is 2.96. The van der Waals surface area contributed by atoms with Crippen LogP contribution in [-0.2, 0) is 16.1 Å². The van der Waals surface area contributed by atoms with Crippen LogP contribution in [0.5, 0.6) is 0 Å². The number of rotatable bonds is 6. The molecule has 0 bridgehead atoms. The number of halogens is 2. The van der Waals surface area contributed by atoms with Crippen molar-refractivity contribution in [1.29, 1.82) is 0 Å². The SMILES string of the molecule is O=C(CN1CCCC1C(=O)Nc1ccc(Cl)cc1Cl)NCc1cccs1. The maximum absolute atomic E-state index is 12.6. The van der Waals surface area contributed by atoms with Crippen molar-refractivity contribution >= 4 is 52.0 Å². The summed E-state index contributed by atoms with van der Waals surface area (Å²) in [4.78, 5) is 27.8. The maximum atomic E-state index is 12.6. The second-order valence-corrected chi connectivity index (χ2v) is 7.97. The van der Waals surface area contributed by atoms with Crippen molar-refractivity contribution in [2.24, 2.45) is 0 Å². The molecule has 0 spiro atoms. The van der Waals surface area contributed by atoms with Crippen LogP contribution in [0.2, 0.25) is 10.0 Å². The number of carbonyl (C=O) groups is 2. The molecule has 138 valence electrons. The van der Waals surface area contributed by atoms with Crippen molar-refractivity contribution in [3.8, 4) is 0 Å². The van der Waals surface area contributed by atoms with Gasteiger partial charge < -0.3 is 10.6 Å². The number of carbonyl (C=O) groups excluding carboxylic acids is 2. The van der Waals surface area contributed by atoms with Crippen molar-refractivity contribution < 1.29 is 9.59 Å². The molecule has 26 heavy (non-hydrogen) atoms. The maximum Gasteiger partial charge on any atom is 0.241 e. The predicted molar refractivity (Wildman–Crippen MR) is 106 cm³/mol. The first-order chi connectivity index (χ1) is 12.5. The molecule has 1 aromatic carbocycles. The highest BCUT2D eigenvalue weighted by Crippen LogP contribution is 2.26. The zero-order valence-corrected chi connectivity index (χ0v) is 16.3. The number of benzene rings is 1. The lowest BCUT2D eigenvalue weighted by atomic mass is 10.2. The summed E-state index contributed by atoms with van der Waals surface area (Å²) in [6.07, 6.45) is 1.60. The normalized spacial score (nSPS) is 17.2. The Labute approximate surface area is 166 Å². The number of amides is 2. The summed E-state index contributed by atoms with van der Waals surface area (Å²) < 4.78 is 0. The van der Waals surface area contributed by atoms with Gasteiger partial charge in [0.2, 0.25) is 11.8 Å². The number of nitrogens with zero attached hydrogens (tertiary/aromatic N) is 1. The van der Waals surface area contributed by atoms with E-state index in [1.807, 2.05) is 22.4 Å². The van der Waals surface area contributed by atoms with Gasteiger partial charge in [-0.3, -0.25) is 14.5 Å². The van der Waals surface area contributed by atoms with Crippen molar-refractivity contribution in [2.75, 3.05) is 18.4 Å². The molecule has 0 radical (unpaired) electrons.